The molecule has 1 aliphatic heterocycles. The summed E-state index contributed by atoms with van der Waals surface area (Å²) in [5, 5.41) is 5.59. The average molecular weight is 515 g/mol. The summed E-state index contributed by atoms with van der Waals surface area (Å²) in [5.41, 5.74) is 7.27. The van der Waals surface area contributed by atoms with Crippen LogP contribution in [0.25, 0.3) is 0 Å². The number of carbonyl (C=O) groups excluding carboxylic acids is 2. The van der Waals surface area contributed by atoms with E-state index in [1.54, 1.807) is 18.2 Å². The first-order valence-corrected chi connectivity index (χ1v) is 13.1. The maximum Gasteiger partial charge on any atom is 0.221 e. The van der Waals surface area contributed by atoms with Crippen LogP contribution in [0.15, 0.2) is 42.5 Å². The first-order valence-electron chi connectivity index (χ1n) is 13.1. The van der Waals surface area contributed by atoms with Gasteiger partial charge in [0.2, 0.25) is 11.8 Å². The van der Waals surface area contributed by atoms with Gasteiger partial charge in [0.25, 0.3) is 0 Å². The molecule has 0 spiro atoms. The summed E-state index contributed by atoms with van der Waals surface area (Å²) in [6, 6.07) is 14.1. The van der Waals surface area contributed by atoms with E-state index >= 15 is 0 Å². The van der Waals surface area contributed by atoms with Crippen LogP contribution < -0.4 is 20.1 Å². The topological polar surface area (TPSA) is 76.7 Å². The van der Waals surface area contributed by atoms with Gasteiger partial charge in [0.15, 0.2) is 5.75 Å². The minimum absolute atomic E-state index is 0.0253. The third kappa shape index (κ3) is 5.13. The second kappa shape index (κ2) is 10.2. The molecule has 1 aliphatic rings. The van der Waals surface area contributed by atoms with E-state index in [1.807, 2.05) is 6.92 Å². The molecular weight excluding hydrogens is 476 g/mol. The van der Waals surface area contributed by atoms with Crippen LogP contribution in [0.5, 0.6) is 17.2 Å². The van der Waals surface area contributed by atoms with Crippen LogP contribution >= 0.6 is 0 Å². The molecular formula is C32H38N2O4. The van der Waals surface area contributed by atoms with E-state index in [1.165, 1.54) is 25.0 Å². The van der Waals surface area contributed by atoms with Crippen LogP contribution in [0.2, 0.25) is 0 Å². The SMILES string of the molecule is CC(=O)Nc1ccc(Oc2c(C)c(C)c3c(c2C)C(c2ccc(C(C)C)cc2)C(C)(C)O3)c(NC(C)=O)c1. The van der Waals surface area contributed by atoms with Crippen molar-refractivity contribution in [3.63, 3.8) is 0 Å². The molecule has 3 aromatic rings. The largest absolute Gasteiger partial charge is 0.486 e. The van der Waals surface area contributed by atoms with Gasteiger partial charge in [0, 0.05) is 25.1 Å². The number of fused-ring (bicyclic) bond motifs is 1. The second-order valence-corrected chi connectivity index (χ2v) is 11.1. The number of benzene rings is 3. The number of carbonyl (C=O) groups is 2. The van der Waals surface area contributed by atoms with Crippen molar-refractivity contribution in [1.82, 2.24) is 0 Å². The summed E-state index contributed by atoms with van der Waals surface area (Å²) in [6.07, 6.45) is 0. The van der Waals surface area contributed by atoms with Crippen LogP contribution in [0.4, 0.5) is 11.4 Å². The van der Waals surface area contributed by atoms with Crippen molar-refractivity contribution < 1.29 is 19.1 Å². The highest BCUT2D eigenvalue weighted by Gasteiger charge is 2.45. The Hall–Kier alpha value is -3.80. The number of ether oxygens (including phenoxy) is 2. The van der Waals surface area contributed by atoms with E-state index in [4.69, 9.17) is 9.47 Å². The van der Waals surface area contributed by atoms with Crippen molar-refractivity contribution in [3.05, 3.63) is 75.8 Å². The normalized spacial score (nSPS) is 15.6. The van der Waals surface area contributed by atoms with Gasteiger partial charge in [-0.25, -0.2) is 0 Å². The zero-order valence-electron chi connectivity index (χ0n) is 23.8. The minimum atomic E-state index is -0.441. The molecule has 1 unspecified atom stereocenters. The summed E-state index contributed by atoms with van der Waals surface area (Å²) in [4.78, 5) is 23.5. The zero-order valence-corrected chi connectivity index (χ0v) is 23.8. The molecule has 1 heterocycles. The van der Waals surface area contributed by atoms with E-state index in [0.29, 0.717) is 23.0 Å². The van der Waals surface area contributed by atoms with Crippen LogP contribution in [0.3, 0.4) is 0 Å². The van der Waals surface area contributed by atoms with Gasteiger partial charge in [-0.2, -0.15) is 0 Å². The zero-order chi connectivity index (χ0) is 27.9. The van der Waals surface area contributed by atoms with E-state index in [-0.39, 0.29) is 17.7 Å². The Morgan fingerprint density at radius 2 is 1.53 bits per heavy atom. The molecule has 0 radical (unpaired) electrons. The number of amides is 2. The first-order chi connectivity index (χ1) is 17.8. The number of anilines is 2. The highest BCUT2D eigenvalue weighted by atomic mass is 16.5. The highest BCUT2D eigenvalue weighted by Crippen LogP contribution is 2.54. The Morgan fingerprint density at radius 1 is 0.895 bits per heavy atom. The second-order valence-electron chi connectivity index (χ2n) is 11.1. The molecule has 2 N–H and O–H groups in total. The fourth-order valence-electron chi connectivity index (χ4n) is 5.36. The number of hydrogen-bond acceptors (Lipinski definition) is 4. The molecule has 0 bridgehead atoms. The van der Waals surface area contributed by atoms with Crippen molar-refractivity contribution in [1.29, 1.82) is 0 Å². The lowest BCUT2D eigenvalue weighted by molar-refractivity contribution is -0.115. The molecule has 200 valence electrons. The van der Waals surface area contributed by atoms with Gasteiger partial charge in [0.05, 0.1) is 11.6 Å². The summed E-state index contributed by atoms with van der Waals surface area (Å²) in [5.74, 6) is 2.22. The molecule has 4 rings (SSSR count). The molecule has 2 amide bonds. The predicted octanol–water partition coefficient (Wildman–Crippen LogP) is 7.75. The lowest BCUT2D eigenvalue weighted by atomic mass is 9.78. The van der Waals surface area contributed by atoms with Crippen LogP contribution in [-0.4, -0.2) is 17.4 Å². The monoisotopic (exact) mass is 514 g/mol. The molecule has 1 atom stereocenters. The number of rotatable bonds is 6. The Morgan fingerprint density at radius 3 is 2.11 bits per heavy atom. The maximum atomic E-state index is 12.0. The van der Waals surface area contributed by atoms with Gasteiger partial charge in [0.1, 0.15) is 17.1 Å². The van der Waals surface area contributed by atoms with Crippen LogP contribution in [-0.2, 0) is 9.59 Å². The maximum absolute atomic E-state index is 12.0. The fraction of sp³-hybridized carbons (Fsp3) is 0.375. The Bertz CT molecular complexity index is 1400. The summed E-state index contributed by atoms with van der Waals surface area (Å²) >= 11 is 0. The Kier molecular flexibility index (Phi) is 7.29. The van der Waals surface area contributed by atoms with Crippen LogP contribution in [0, 0.1) is 20.8 Å². The molecule has 6 nitrogen and oxygen atoms in total. The van der Waals surface area contributed by atoms with E-state index in [2.05, 4.69) is 76.4 Å². The van der Waals surface area contributed by atoms with E-state index < -0.39 is 5.60 Å². The molecule has 0 saturated carbocycles. The van der Waals surface area contributed by atoms with E-state index in [9.17, 15) is 9.59 Å². The Balaban J connectivity index is 1.83. The molecule has 0 fully saturated rings. The van der Waals surface area contributed by atoms with E-state index in [0.717, 1.165) is 33.8 Å². The quantitative estimate of drug-likeness (QED) is 0.353. The molecule has 38 heavy (non-hydrogen) atoms. The molecule has 0 saturated heterocycles. The Labute approximate surface area is 225 Å². The first kappa shape index (κ1) is 27.2. The number of nitrogens with one attached hydrogen (secondary N) is 2. The van der Waals surface area contributed by atoms with Crippen molar-refractivity contribution >= 4 is 23.2 Å². The predicted molar refractivity (Wildman–Crippen MR) is 153 cm³/mol. The van der Waals surface area contributed by atoms with Crippen molar-refractivity contribution in [3.8, 4) is 17.2 Å². The van der Waals surface area contributed by atoms with Crippen molar-refractivity contribution in [2.75, 3.05) is 10.6 Å². The lowest BCUT2D eigenvalue weighted by Gasteiger charge is -2.27. The average Bonchev–Trinajstić information content (AvgIpc) is 3.12. The molecule has 6 heteroatoms. The summed E-state index contributed by atoms with van der Waals surface area (Å²) in [7, 11) is 0. The van der Waals surface area contributed by atoms with Gasteiger partial charge in [-0.3, -0.25) is 9.59 Å². The van der Waals surface area contributed by atoms with Gasteiger partial charge in [-0.15, -0.1) is 0 Å². The highest BCUT2D eigenvalue weighted by molar-refractivity contribution is 5.94. The third-order valence-electron chi connectivity index (χ3n) is 7.34. The van der Waals surface area contributed by atoms with Gasteiger partial charge in [-0.1, -0.05) is 38.1 Å². The lowest BCUT2D eigenvalue weighted by Crippen LogP contribution is -2.31. The summed E-state index contributed by atoms with van der Waals surface area (Å²) in [6.45, 7) is 17.7. The third-order valence-corrected chi connectivity index (χ3v) is 7.34. The van der Waals surface area contributed by atoms with Gasteiger partial charge in [-0.05, 0) is 86.6 Å². The van der Waals surface area contributed by atoms with Crippen molar-refractivity contribution in [2.24, 2.45) is 0 Å². The van der Waals surface area contributed by atoms with Crippen molar-refractivity contribution in [2.45, 2.75) is 79.8 Å². The molecule has 3 aromatic carbocycles. The fourth-order valence-corrected chi connectivity index (χ4v) is 5.36. The standard InChI is InChI=1S/C32H38N2O4/c1-17(2)23-10-12-24(13-11-23)29-28-20(5)30(18(3)19(4)31(28)38-32(29,8)9)37-27-15-14-25(33-21(6)35)16-26(27)34-22(7)36/h10-17,29H,1-9H3,(H,33,35)(H,34,36). The summed E-state index contributed by atoms with van der Waals surface area (Å²) < 4.78 is 13.2. The van der Waals surface area contributed by atoms with Crippen LogP contribution in [0.1, 0.15) is 86.8 Å². The van der Waals surface area contributed by atoms with Gasteiger partial charge < -0.3 is 20.1 Å². The molecule has 0 aromatic heterocycles. The van der Waals surface area contributed by atoms with Gasteiger partial charge >= 0.3 is 0 Å². The smallest absolute Gasteiger partial charge is 0.221 e. The molecule has 0 aliphatic carbocycles. The minimum Gasteiger partial charge on any atom is -0.486 e. The number of hydrogen-bond donors (Lipinski definition) is 2.